The largest absolute Gasteiger partial charge is 0.465 e. The number of halogens is 3. The van der Waals surface area contributed by atoms with Gasteiger partial charge in [0.1, 0.15) is 5.52 Å². The van der Waals surface area contributed by atoms with E-state index in [0.29, 0.717) is 40.0 Å². The Hall–Kier alpha value is -2.69. The summed E-state index contributed by atoms with van der Waals surface area (Å²) in [5.41, 5.74) is 0.944. The molecule has 0 aromatic carbocycles. The average molecular weight is 524 g/mol. The van der Waals surface area contributed by atoms with E-state index < -0.39 is 11.9 Å². The quantitative estimate of drug-likeness (QED) is 0.148. The van der Waals surface area contributed by atoms with Crippen LogP contribution in [0.15, 0.2) is 29.8 Å². The van der Waals surface area contributed by atoms with Crippen LogP contribution in [0.25, 0.3) is 22.2 Å². The van der Waals surface area contributed by atoms with Gasteiger partial charge in [-0.2, -0.15) is 18.3 Å². The Bertz CT molecular complexity index is 1170. The van der Waals surface area contributed by atoms with Crippen LogP contribution in [-0.2, 0) is 15.7 Å². The van der Waals surface area contributed by atoms with Crippen molar-refractivity contribution in [2.24, 2.45) is 5.92 Å². The van der Waals surface area contributed by atoms with Crippen molar-refractivity contribution < 1.29 is 22.7 Å². The van der Waals surface area contributed by atoms with Gasteiger partial charge in [0.25, 0.3) is 0 Å². The predicted octanol–water partition coefficient (Wildman–Crippen LogP) is 6.73. The van der Waals surface area contributed by atoms with Crippen LogP contribution in [0.1, 0.15) is 71.5 Å². The van der Waals surface area contributed by atoms with Crippen molar-refractivity contribution in [2.45, 2.75) is 77.2 Å². The van der Waals surface area contributed by atoms with E-state index in [1.165, 1.54) is 18.0 Å². The minimum Gasteiger partial charge on any atom is -0.465 e. The smallest absolute Gasteiger partial charge is 0.435 e. The molecule has 0 N–H and O–H groups in total. The molecular weight excluding hydrogens is 491 g/mol. The zero-order valence-corrected chi connectivity index (χ0v) is 21.8. The van der Waals surface area contributed by atoms with Gasteiger partial charge in [-0.3, -0.25) is 4.79 Å². The van der Waals surface area contributed by atoms with Gasteiger partial charge in [0, 0.05) is 29.1 Å². The molecule has 36 heavy (non-hydrogen) atoms. The van der Waals surface area contributed by atoms with Gasteiger partial charge in [0.05, 0.1) is 30.9 Å². The molecule has 3 heterocycles. The molecule has 0 amide bonds. The van der Waals surface area contributed by atoms with Crippen LogP contribution in [0.5, 0.6) is 0 Å². The third-order valence-corrected chi connectivity index (χ3v) is 6.78. The second-order valence-electron chi connectivity index (χ2n) is 8.96. The molecule has 196 valence electrons. The second kappa shape index (κ2) is 12.5. The number of hydrogen-bond acceptors (Lipinski definition) is 7. The third kappa shape index (κ3) is 7.18. The summed E-state index contributed by atoms with van der Waals surface area (Å²) in [6, 6.07) is 1.01. The van der Waals surface area contributed by atoms with E-state index in [2.05, 4.69) is 34.0 Å². The molecule has 1 unspecified atom stereocenters. The van der Waals surface area contributed by atoms with E-state index in [-0.39, 0.29) is 24.0 Å². The number of alkyl halides is 3. The standard InChI is InChI=1S/C25H32F3N5O2S/c1-5-7-8-17(6-2)15-35-22(34)9-10-36-24-29-13-20-23(31-24)19(14-33(20)16(3)4)18-11-21(25(26,27)28)32-30-12-18/h11-14,16-17H,5-10,15H2,1-4H3. The van der Waals surface area contributed by atoms with Gasteiger partial charge in [0.15, 0.2) is 10.9 Å². The minimum atomic E-state index is -4.60. The van der Waals surface area contributed by atoms with E-state index in [9.17, 15) is 18.0 Å². The average Bonchev–Trinajstić information content (AvgIpc) is 3.23. The molecule has 0 aliphatic carbocycles. The Labute approximate surface area is 213 Å². The number of fused-ring (bicyclic) bond motifs is 1. The van der Waals surface area contributed by atoms with Crippen molar-refractivity contribution in [1.29, 1.82) is 0 Å². The van der Waals surface area contributed by atoms with Gasteiger partial charge < -0.3 is 9.30 Å². The normalized spacial score (nSPS) is 12.9. The number of ether oxygens (including phenoxy) is 1. The molecular formula is C25H32F3N5O2S. The number of hydrogen-bond donors (Lipinski definition) is 0. The molecule has 7 nitrogen and oxygen atoms in total. The van der Waals surface area contributed by atoms with Crippen molar-refractivity contribution in [3.8, 4) is 11.1 Å². The van der Waals surface area contributed by atoms with Crippen molar-refractivity contribution in [3.05, 3.63) is 30.4 Å². The lowest BCUT2D eigenvalue weighted by atomic mass is 10.0. The van der Waals surface area contributed by atoms with Crippen molar-refractivity contribution in [2.75, 3.05) is 12.4 Å². The fourth-order valence-electron chi connectivity index (χ4n) is 3.78. The maximum atomic E-state index is 13.2. The highest BCUT2D eigenvalue weighted by atomic mass is 32.2. The lowest BCUT2D eigenvalue weighted by molar-refractivity contribution is -0.144. The highest BCUT2D eigenvalue weighted by Crippen LogP contribution is 2.35. The molecule has 0 radical (unpaired) electrons. The maximum Gasteiger partial charge on any atom is 0.435 e. The first kappa shape index (κ1) is 27.9. The number of esters is 1. The van der Waals surface area contributed by atoms with E-state index in [1.807, 2.05) is 18.4 Å². The van der Waals surface area contributed by atoms with Gasteiger partial charge in [-0.25, -0.2) is 9.97 Å². The summed E-state index contributed by atoms with van der Waals surface area (Å²) in [4.78, 5) is 21.2. The van der Waals surface area contributed by atoms with E-state index in [1.54, 1.807) is 12.4 Å². The number of carbonyl (C=O) groups excluding carboxylic acids is 1. The highest BCUT2D eigenvalue weighted by molar-refractivity contribution is 7.99. The van der Waals surface area contributed by atoms with Crippen molar-refractivity contribution in [3.63, 3.8) is 0 Å². The highest BCUT2D eigenvalue weighted by Gasteiger charge is 2.33. The molecule has 0 spiro atoms. The number of unbranched alkanes of at least 4 members (excludes halogenated alkanes) is 1. The van der Waals surface area contributed by atoms with Gasteiger partial charge in [-0.1, -0.05) is 44.9 Å². The van der Waals surface area contributed by atoms with Crippen molar-refractivity contribution >= 4 is 28.8 Å². The summed E-state index contributed by atoms with van der Waals surface area (Å²) in [6.07, 6.45) is 4.61. The summed E-state index contributed by atoms with van der Waals surface area (Å²) in [7, 11) is 0. The maximum absolute atomic E-state index is 13.2. The first-order chi connectivity index (χ1) is 17.1. The van der Waals surface area contributed by atoms with Crippen LogP contribution in [0.3, 0.4) is 0 Å². The van der Waals surface area contributed by atoms with Gasteiger partial charge in [0.2, 0.25) is 0 Å². The Morgan fingerprint density at radius 2 is 2.00 bits per heavy atom. The van der Waals surface area contributed by atoms with Crippen LogP contribution in [0, 0.1) is 5.92 Å². The van der Waals surface area contributed by atoms with Gasteiger partial charge in [-0.05, 0) is 32.3 Å². The zero-order valence-electron chi connectivity index (χ0n) is 21.0. The molecule has 0 aliphatic rings. The predicted molar refractivity (Wildman–Crippen MR) is 134 cm³/mol. The van der Waals surface area contributed by atoms with Crippen LogP contribution < -0.4 is 0 Å². The van der Waals surface area contributed by atoms with Crippen LogP contribution >= 0.6 is 11.8 Å². The number of aromatic nitrogens is 5. The van der Waals surface area contributed by atoms with Crippen molar-refractivity contribution in [1.82, 2.24) is 24.7 Å². The lowest BCUT2D eigenvalue weighted by Crippen LogP contribution is -2.14. The molecule has 3 aromatic rings. The first-order valence-electron chi connectivity index (χ1n) is 12.2. The van der Waals surface area contributed by atoms with E-state index in [4.69, 9.17) is 4.74 Å². The summed E-state index contributed by atoms with van der Waals surface area (Å²) >= 11 is 1.31. The topological polar surface area (TPSA) is 82.8 Å². The SMILES string of the molecule is CCCCC(CC)COC(=O)CCSc1ncc2c(n1)c(-c1cnnc(C(F)(F)F)c1)cn2C(C)C. The molecule has 0 aliphatic heterocycles. The molecule has 0 saturated carbocycles. The Kier molecular flexibility index (Phi) is 9.69. The third-order valence-electron chi connectivity index (χ3n) is 5.92. The van der Waals surface area contributed by atoms with E-state index >= 15 is 0 Å². The number of nitrogens with zero attached hydrogens (tertiary/aromatic N) is 5. The molecule has 1 atom stereocenters. The molecule has 3 rings (SSSR count). The molecule has 0 fully saturated rings. The molecule has 3 aromatic heterocycles. The number of thioether (sulfide) groups is 1. The van der Waals surface area contributed by atoms with E-state index in [0.717, 1.165) is 31.7 Å². The molecule has 11 heteroatoms. The number of carbonyl (C=O) groups is 1. The van der Waals surface area contributed by atoms with Gasteiger partial charge in [-0.15, -0.1) is 5.10 Å². The van der Waals surface area contributed by atoms with Crippen LogP contribution in [0.2, 0.25) is 0 Å². The first-order valence-corrected chi connectivity index (χ1v) is 13.2. The Morgan fingerprint density at radius 3 is 2.67 bits per heavy atom. The van der Waals surface area contributed by atoms with Crippen LogP contribution in [0.4, 0.5) is 13.2 Å². The number of rotatable bonds is 12. The summed E-state index contributed by atoms with van der Waals surface area (Å²) in [6.45, 7) is 8.62. The molecule has 0 bridgehead atoms. The second-order valence-corrected chi connectivity index (χ2v) is 10.0. The minimum absolute atomic E-state index is 0.0410. The Morgan fingerprint density at radius 1 is 1.22 bits per heavy atom. The zero-order chi connectivity index (χ0) is 26.3. The van der Waals surface area contributed by atoms with Crippen LogP contribution in [-0.4, -0.2) is 43.1 Å². The Balaban J connectivity index is 1.74. The fourth-order valence-corrected chi connectivity index (χ4v) is 4.52. The summed E-state index contributed by atoms with van der Waals surface area (Å²) < 4.78 is 47.0. The fraction of sp³-hybridized carbons (Fsp3) is 0.560. The lowest BCUT2D eigenvalue weighted by Gasteiger charge is -2.14. The monoisotopic (exact) mass is 523 g/mol. The summed E-state index contributed by atoms with van der Waals surface area (Å²) in [5, 5.41) is 7.20. The summed E-state index contributed by atoms with van der Waals surface area (Å²) in [5.74, 6) is 0.565. The molecule has 0 saturated heterocycles. The van der Waals surface area contributed by atoms with Gasteiger partial charge >= 0.3 is 12.1 Å².